The van der Waals surface area contributed by atoms with Crippen molar-refractivity contribution in [3.63, 3.8) is 0 Å². The maximum Gasteiger partial charge on any atom is 0.410 e. The summed E-state index contributed by atoms with van der Waals surface area (Å²) in [7, 11) is 1.55. The van der Waals surface area contributed by atoms with E-state index in [1.54, 1.807) is 16.8 Å². The van der Waals surface area contributed by atoms with Crippen LogP contribution in [0.3, 0.4) is 0 Å². The Bertz CT molecular complexity index is 448. The molecule has 7 heteroatoms. The van der Waals surface area contributed by atoms with Crippen molar-refractivity contribution in [2.45, 2.75) is 26.4 Å². The Morgan fingerprint density at radius 2 is 1.64 bits per heavy atom. The summed E-state index contributed by atoms with van der Waals surface area (Å²) in [6.45, 7) is 10.6. The van der Waals surface area contributed by atoms with Crippen molar-refractivity contribution in [2.75, 3.05) is 39.8 Å². The Kier molecular flexibility index (Phi) is 5.96. The second-order valence-electron chi connectivity index (χ2n) is 6.25. The topological polar surface area (TPSA) is 70.2 Å². The minimum atomic E-state index is -0.530. The highest BCUT2D eigenvalue weighted by Crippen LogP contribution is 2.12. The second kappa shape index (κ2) is 7.29. The van der Waals surface area contributed by atoms with Gasteiger partial charge in [0.25, 0.3) is 0 Å². The van der Waals surface area contributed by atoms with Gasteiger partial charge in [-0.2, -0.15) is 0 Å². The Labute approximate surface area is 131 Å². The van der Waals surface area contributed by atoms with Crippen molar-refractivity contribution < 1.29 is 19.1 Å². The molecule has 124 valence electrons. The lowest BCUT2D eigenvalue weighted by Gasteiger charge is -2.36. The number of carbonyl (C=O) groups is 3. The van der Waals surface area contributed by atoms with Gasteiger partial charge in [0, 0.05) is 33.2 Å². The minimum absolute atomic E-state index is 0.0112. The third-order valence-corrected chi connectivity index (χ3v) is 3.21. The number of hydrogen-bond donors (Lipinski definition) is 0. The molecule has 3 amide bonds. The highest BCUT2D eigenvalue weighted by atomic mass is 16.6. The zero-order valence-electron chi connectivity index (χ0n) is 13.8. The van der Waals surface area contributed by atoms with E-state index in [1.165, 1.54) is 11.0 Å². The zero-order valence-corrected chi connectivity index (χ0v) is 13.8. The molecule has 0 N–H and O–H groups in total. The van der Waals surface area contributed by atoms with Crippen molar-refractivity contribution in [2.24, 2.45) is 0 Å². The van der Waals surface area contributed by atoms with Gasteiger partial charge in [0.15, 0.2) is 0 Å². The first-order valence-corrected chi connectivity index (χ1v) is 7.27. The van der Waals surface area contributed by atoms with Crippen LogP contribution in [-0.2, 0) is 14.3 Å². The molecule has 0 aromatic carbocycles. The van der Waals surface area contributed by atoms with Crippen LogP contribution >= 0.6 is 0 Å². The monoisotopic (exact) mass is 311 g/mol. The van der Waals surface area contributed by atoms with E-state index in [-0.39, 0.29) is 24.5 Å². The molecular weight excluding hydrogens is 286 g/mol. The van der Waals surface area contributed by atoms with Crippen molar-refractivity contribution in [3.8, 4) is 0 Å². The van der Waals surface area contributed by atoms with E-state index < -0.39 is 5.60 Å². The lowest BCUT2D eigenvalue weighted by molar-refractivity contribution is -0.138. The lowest BCUT2D eigenvalue weighted by atomic mass is 10.2. The van der Waals surface area contributed by atoms with Gasteiger partial charge in [-0.1, -0.05) is 6.58 Å². The van der Waals surface area contributed by atoms with Crippen LogP contribution < -0.4 is 0 Å². The number of rotatable bonds is 3. The number of piperazine rings is 1. The fraction of sp³-hybridized carbons (Fsp3) is 0.667. The molecule has 1 aliphatic rings. The zero-order chi connectivity index (χ0) is 16.9. The lowest BCUT2D eigenvalue weighted by Crippen LogP contribution is -2.53. The fourth-order valence-electron chi connectivity index (χ4n) is 2.00. The molecule has 7 nitrogen and oxygen atoms in total. The second-order valence-corrected chi connectivity index (χ2v) is 6.25. The summed E-state index contributed by atoms with van der Waals surface area (Å²) < 4.78 is 5.30. The first-order valence-electron chi connectivity index (χ1n) is 7.27. The molecule has 0 spiro atoms. The molecule has 0 radical (unpaired) electrons. The van der Waals surface area contributed by atoms with E-state index in [4.69, 9.17) is 4.74 Å². The van der Waals surface area contributed by atoms with Crippen LogP contribution in [0.25, 0.3) is 0 Å². The first kappa shape index (κ1) is 18.0. The SMILES string of the molecule is C=CC(=O)N(C)CC(=O)N1CCN(C(=O)OC(C)(C)C)CC1. The maximum absolute atomic E-state index is 12.1. The number of likely N-dealkylation sites (N-methyl/N-ethyl adjacent to an activating group) is 1. The average molecular weight is 311 g/mol. The van der Waals surface area contributed by atoms with Crippen LogP contribution in [0.4, 0.5) is 4.79 Å². The molecule has 22 heavy (non-hydrogen) atoms. The van der Waals surface area contributed by atoms with E-state index in [9.17, 15) is 14.4 Å². The predicted octanol–water partition coefficient (Wildman–Crippen LogP) is 0.710. The quantitative estimate of drug-likeness (QED) is 0.720. The van der Waals surface area contributed by atoms with E-state index in [0.717, 1.165) is 0 Å². The summed E-state index contributed by atoms with van der Waals surface area (Å²) in [5.74, 6) is -0.428. The molecule has 0 aliphatic carbocycles. The van der Waals surface area contributed by atoms with Gasteiger partial charge in [-0.25, -0.2) is 4.79 Å². The van der Waals surface area contributed by atoms with E-state index in [1.807, 2.05) is 20.8 Å². The van der Waals surface area contributed by atoms with Crippen molar-refractivity contribution in [3.05, 3.63) is 12.7 Å². The number of nitrogens with zero attached hydrogens (tertiary/aromatic N) is 3. The van der Waals surface area contributed by atoms with Gasteiger partial charge in [-0.05, 0) is 26.8 Å². The third-order valence-electron chi connectivity index (χ3n) is 3.21. The molecule has 0 bridgehead atoms. The summed E-state index contributed by atoms with van der Waals surface area (Å²) in [5.41, 5.74) is -0.530. The number of ether oxygens (including phenoxy) is 1. The summed E-state index contributed by atoms with van der Waals surface area (Å²) in [5, 5.41) is 0. The molecular formula is C15H25N3O4. The van der Waals surface area contributed by atoms with Crippen molar-refractivity contribution in [1.82, 2.24) is 14.7 Å². The highest BCUT2D eigenvalue weighted by Gasteiger charge is 2.28. The normalized spacial score (nSPS) is 15.3. The number of hydrogen-bond acceptors (Lipinski definition) is 4. The average Bonchev–Trinajstić information content (AvgIpc) is 2.44. The fourth-order valence-corrected chi connectivity index (χ4v) is 2.00. The number of carbonyl (C=O) groups excluding carboxylic acids is 3. The Hall–Kier alpha value is -2.05. The predicted molar refractivity (Wildman–Crippen MR) is 82.2 cm³/mol. The molecule has 0 aromatic heterocycles. The van der Waals surface area contributed by atoms with Gasteiger partial charge < -0.3 is 19.4 Å². The van der Waals surface area contributed by atoms with Crippen molar-refractivity contribution >= 4 is 17.9 Å². The van der Waals surface area contributed by atoms with E-state index >= 15 is 0 Å². The van der Waals surface area contributed by atoms with Crippen LogP contribution in [0.1, 0.15) is 20.8 Å². The van der Waals surface area contributed by atoms with E-state index in [2.05, 4.69) is 6.58 Å². The first-order chi connectivity index (χ1) is 10.1. The van der Waals surface area contributed by atoms with Crippen LogP contribution in [0.15, 0.2) is 12.7 Å². The molecule has 1 rings (SSSR count). The van der Waals surface area contributed by atoms with Gasteiger partial charge >= 0.3 is 6.09 Å². The molecule has 0 aromatic rings. The van der Waals surface area contributed by atoms with Gasteiger partial charge in [0.2, 0.25) is 11.8 Å². The number of amides is 3. The molecule has 0 saturated carbocycles. The van der Waals surface area contributed by atoms with Crippen LogP contribution in [-0.4, -0.2) is 78.0 Å². The molecule has 1 heterocycles. The Morgan fingerprint density at radius 3 is 2.09 bits per heavy atom. The molecule has 1 aliphatic heterocycles. The van der Waals surface area contributed by atoms with Crippen LogP contribution in [0.5, 0.6) is 0 Å². The smallest absolute Gasteiger partial charge is 0.410 e. The largest absolute Gasteiger partial charge is 0.444 e. The molecule has 1 saturated heterocycles. The standard InChI is InChI=1S/C15H25N3O4/c1-6-12(19)16(5)11-13(20)17-7-9-18(10-8-17)14(21)22-15(2,3)4/h6H,1,7-11H2,2-5H3. The van der Waals surface area contributed by atoms with Gasteiger partial charge in [-0.3, -0.25) is 9.59 Å². The summed E-state index contributed by atoms with van der Waals surface area (Å²) in [6, 6.07) is 0. The minimum Gasteiger partial charge on any atom is -0.444 e. The summed E-state index contributed by atoms with van der Waals surface area (Å²) >= 11 is 0. The van der Waals surface area contributed by atoms with Crippen LogP contribution in [0, 0.1) is 0 Å². The van der Waals surface area contributed by atoms with Gasteiger partial charge in [0.05, 0.1) is 6.54 Å². The Morgan fingerprint density at radius 1 is 1.14 bits per heavy atom. The van der Waals surface area contributed by atoms with Crippen molar-refractivity contribution in [1.29, 1.82) is 0 Å². The molecule has 1 fully saturated rings. The summed E-state index contributed by atoms with van der Waals surface area (Å²) in [4.78, 5) is 40.0. The Balaban J connectivity index is 2.45. The highest BCUT2D eigenvalue weighted by molar-refractivity contribution is 5.90. The van der Waals surface area contributed by atoms with Gasteiger partial charge in [0.1, 0.15) is 5.60 Å². The van der Waals surface area contributed by atoms with Crippen LogP contribution in [0.2, 0.25) is 0 Å². The molecule has 0 unspecified atom stereocenters. The maximum atomic E-state index is 12.1. The molecule has 0 atom stereocenters. The van der Waals surface area contributed by atoms with Gasteiger partial charge in [-0.15, -0.1) is 0 Å². The summed E-state index contributed by atoms with van der Waals surface area (Å²) in [6.07, 6.45) is 0.812. The van der Waals surface area contributed by atoms with E-state index in [0.29, 0.717) is 26.2 Å². The third kappa shape index (κ3) is 5.38.